The van der Waals surface area contributed by atoms with Crippen LogP contribution in [0.15, 0.2) is 42.5 Å². The van der Waals surface area contributed by atoms with Crippen LogP contribution >= 0.6 is 11.6 Å². The predicted octanol–water partition coefficient (Wildman–Crippen LogP) is 3.63. The topological polar surface area (TPSA) is 69.2 Å². The van der Waals surface area contributed by atoms with Crippen molar-refractivity contribution in [3.63, 3.8) is 0 Å². The first-order valence-corrected chi connectivity index (χ1v) is 6.28. The third-order valence-electron chi connectivity index (χ3n) is 2.89. The summed E-state index contributed by atoms with van der Waals surface area (Å²) in [7, 11) is 0. The molecule has 0 aromatic heterocycles. The van der Waals surface area contributed by atoms with Crippen LogP contribution in [0.2, 0.25) is 5.02 Å². The second-order valence-electron chi connectivity index (χ2n) is 4.44. The molecule has 0 spiro atoms. The van der Waals surface area contributed by atoms with Crippen molar-refractivity contribution < 1.29 is 9.31 Å². The lowest BCUT2D eigenvalue weighted by Crippen LogP contribution is -2.13. The minimum absolute atomic E-state index is 0.109. The Hall–Kier alpha value is -1.98. The number of nitrogens with two attached hydrogens (primary N) is 1. The number of benzene rings is 2. The third kappa shape index (κ3) is 3.53. The van der Waals surface area contributed by atoms with Crippen LogP contribution in [0, 0.1) is 15.9 Å². The molecular formula is C14H12ClFN2O2. The van der Waals surface area contributed by atoms with Crippen molar-refractivity contribution in [2.75, 3.05) is 0 Å². The third-order valence-corrected chi connectivity index (χ3v) is 3.11. The summed E-state index contributed by atoms with van der Waals surface area (Å²) in [5, 5.41) is 11.0. The maximum Gasteiger partial charge on any atom is 0.271 e. The monoisotopic (exact) mass is 294 g/mol. The number of nitro groups is 1. The zero-order chi connectivity index (χ0) is 14.7. The van der Waals surface area contributed by atoms with Gasteiger partial charge in [-0.25, -0.2) is 4.39 Å². The summed E-state index contributed by atoms with van der Waals surface area (Å²) in [4.78, 5) is 10.3. The maximum absolute atomic E-state index is 13.1. The molecule has 104 valence electrons. The van der Waals surface area contributed by atoms with Gasteiger partial charge in [-0.1, -0.05) is 23.7 Å². The summed E-state index contributed by atoms with van der Waals surface area (Å²) in [6, 6.07) is 9.82. The van der Waals surface area contributed by atoms with Gasteiger partial charge in [0.05, 0.1) is 4.92 Å². The molecule has 0 saturated heterocycles. The van der Waals surface area contributed by atoms with E-state index in [0.29, 0.717) is 12.0 Å². The highest BCUT2D eigenvalue weighted by atomic mass is 35.5. The summed E-state index contributed by atoms with van der Waals surface area (Å²) in [5.74, 6) is -0.341. The predicted molar refractivity (Wildman–Crippen MR) is 75.1 cm³/mol. The first-order chi connectivity index (χ1) is 9.45. The minimum atomic E-state index is -0.524. The van der Waals surface area contributed by atoms with Crippen molar-refractivity contribution in [2.24, 2.45) is 5.73 Å². The Balaban J connectivity index is 2.25. The number of hydrogen-bond donors (Lipinski definition) is 1. The van der Waals surface area contributed by atoms with E-state index in [1.54, 1.807) is 18.2 Å². The van der Waals surface area contributed by atoms with Crippen LogP contribution in [-0.4, -0.2) is 4.92 Å². The van der Waals surface area contributed by atoms with Gasteiger partial charge in [0.2, 0.25) is 0 Å². The van der Waals surface area contributed by atoms with Gasteiger partial charge in [-0.3, -0.25) is 10.1 Å². The van der Waals surface area contributed by atoms with Crippen molar-refractivity contribution in [2.45, 2.75) is 12.5 Å². The number of nitrogens with zero attached hydrogens (tertiary/aromatic N) is 1. The average Bonchev–Trinajstić information content (AvgIpc) is 2.37. The zero-order valence-electron chi connectivity index (χ0n) is 10.4. The average molecular weight is 295 g/mol. The Morgan fingerprint density at radius 2 is 2.05 bits per heavy atom. The van der Waals surface area contributed by atoms with Crippen LogP contribution in [0.4, 0.5) is 10.1 Å². The molecule has 2 N–H and O–H groups in total. The highest BCUT2D eigenvalue weighted by Gasteiger charge is 2.14. The van der Waals surface area contributed by atoms with E-state index >= 15 is 0 Å². The molecule has 2 aromatic rings. The molecule has 0 saturated carbocycles. The lowest BCUT2D eigenvalue weighted by atomic mass is 9.99. The standard InChI is InChI=1S/C14H12ClFN2O2/c15-11-6-10(7-13(8-11)18(19)20)14(17)5-9-2-1-3-12(16)4-9/h1-4,6-8,14H,5,17H2. The molecule has 0 aliphatic rings. The van der Waals surface area contributed by atoms with E-state index in [2.05, 4.69) is 0 Å². The summed E-state index contributed by atoms with van der Waals surface area (Å²) in [5.41, 5.74) is 7.17. The highest BCUT2D eigenvalue weighted by Crippen LogP contribution is 2.25. The first-order valence-electron chi connectivity index (χ1n) is 5.90. The summed E-state index contributed by atoms with van der Waals surface area (Å²) >= 11 is 5.85. The fourth-order valence-electron chi connectivity index (χ4n) is 1.95. The van der Waals surface area contributed by atoms with E-state index in [1.807, 2.05) is 0 Å². The van der Waals surface area contributed by atoms with Gasteiger partial charge in [0, 0.05) is 23.2 Å². The summed E-state index contributed by atoms with van der Waals surface area (Å²) < 4.78 is 13.1. The molecule has 0 fully saturated rings. The minimum Gasteiger partial charge on any atom is -0.324 e. The molecule has 2 rings (SSSR count). The van der Waals surface area contributed by atoms with Crippen LogP contribution in [0.25, 0.3) is 0 Å². The van der Waals surface area contributed by atoms with Crippen molar-refractivity contribution in [3.8, 4) is 0 Å². The SMILES string of the molecule is NC(Cc1cccc(F)c1)c1cc(Cl)cc([N+](=O)[O-])c1. The lowest BCUT2D eigenvalue weighted by Gasteiger charge is -2.12. The number of rotatable bonds is 4. The quantitative estimate of drug-likeness (QED) is 0.691. The Bertz CT molecular complexity index is 649. The summed E-state index contributed by atoms with van der Waals surface area (Å²) in [6.45, 7) is 0. The van der Waals surface area contributed by atoms with Crippen molar-refractivity contribution in [1.29, 1.82) is 0 Å². The number of hydrogen-bond acceptors (Lipinski definition) is 3. The molecule has 0 aliphatic heterocycles. The van der Waals surface area contributed by atoms with Crippen molar-refractivity contribution in [3.05, 3.63) is 74.5 Å². The molecule has 2 aromatic carbocycles. The van der Waals surface area contributed by atoms with Gasteiger partial charge >= 0.3 is 0 Å². The van der Waals surface area contributed by atoms with Crippen LogP contribution in [0.5, 0.6) is 0 Å². The van der Waals surface area contributed by atoms with Crippen LogP contribution in [0.1, 0.15) is 17.2 Å². The van der Waals surface area contributed by atoms with E-state index in [0.717, 1.165) is 5.56 Å². The van der Waals surface area contributed by atoms with E-state index < -0.39 is 11.0 Å². The van der Waals surface area contributed by atoms with Crippen molar-refractivity contribution in [1.82, 2.24) is 0 Å². The number of non-ortho nitro benzene ring substituents is 1. The molecule has 4 nitrogen and oxygen atoms in total. The van der Waals surface area contributed by atoms with Crippen LogP contribution < -0.4 is 5.73 Å². The second-order valence-corrected chi connectivity index (χ2v) is 4.88. The molecular weight excluding hydrogens is 283 g/mol. The Morgan fingerprint density at radius 3 is 2.70 bits per heavy atom. The molecule has 1 atom stereocenters. The van der Waals surface area contributed by atoms with Gasteiger partial charge in [0.25, 0.3) is 5.69 Å². The Labute approximate surface area is 120 Å². The number of halogens is 2. The van der Waals surface area contributed by atoms with Gasteiger partial charge in [0.1, 0.15) is 5.82 Å². The molecule has 0 bridgehead atoms. The lowest BCUT2D eigenvalue weighted by molar-refractivity contribution is -0.384. The molecule has 0 aliphatic carbocycles. The normalized spacial score (nSPS) is 12.2. The molecule has 0 radical (unpaired) electrons. The van der Waals surface area contributed by atoms with Gasteiger partial charge in [0.15, 0.2) is 0 Å². The highest BCUT2D eigenvalue weighted by molar-refractivity contribution is 6.30. The molecule has 1 unspecified atom stereocenters. The smallest absolute Gasteiger partial charge is 0.271 e. The number of nitro benzene ring substituents is 1. The fourth-order valence-corrected chi connectivity index (χ4v) is 2.19. The van der Waals surface area contributed by atoms with Crippen molar-refractivity contribution >= 4 is 17.3 Å². The van der Waals surface area contributed by atoms with Gasteiger partial charge in [-0.2, -0.15) is 0 Å². The maximum atomic E-state index is 13.1. The molecule has 20 heavy (non-hydrogen) atoms. The first kappa shape index (κ1) is 14.4. The second kappa shape index (κ2) is 5.98. The Kier molecular flexibility index (Phi) is 4.32. The van der Waals surface area contributed by atoms with Crippen LogP contribution in [0.3, 0.4) is 0 Å². The van der Waals surface area contributed by atoms with Crippen LogP contribution in [-0.2, 0) is 6.42 Å². The molecule has 0 amide bonds. The van der Waals surface area contributed by atoms with E-state index in [1.165, 1.54) is 24.3 Å². The zero-order valence-corrected chi connectivity index (χ0v) is 11.2. The van der Waals surface area contributed by atoms with Gasteiger partial charge in [-0.15, -0.1) is 0 Å². The summed E-state index contributed by atoms with van der Waals surface area (Å²) in [6.07, 6.45) is 0.370. The van der Waals surface area contributed by atoms with E-state index in [4.69, 9.17) is 17.3 Å². The Morgan fingerprint density at radius 1 is 1.30 bits per heavy atom. The largest absolute Gasteiger partial charge is 0.324 e. The molecule has 6 heteroatoms. The van der Waals surface area contributed by atoms with Gasteiger partial charge in [-0.05, 0) is 35.7 Å². The molecule has 0 heterocycles. The van der Waals surface area contributed by atoms with Gasteiger partial charge < -0.3 is 5.73 Å². The fraction of sp³-hybridized carbons (Fsp3) is 0.143. The van der Waals surface area contributed by atoms with E-state index in [-0.39, 0.29) is 16.5 Å². The van der Waals surface area contributed by atoms with E-state index in [9.17, 15) is 14.5 Å².